The number of carbonyl (C=O) groups excluding carboxylic acids is 1. The fraction of sp³-hybridized carbons (Fsp3) is 0.143. The Kier molecular flexibility index (Phi) is 3.95. The highest BCUT2D eigenvalue weighted by Crippen LogP contribution is 2.13. The highest BCUT2D eigenvalue weighted by Gasteiger charge is 2.06. The van der Waals surface area contributed by atoms with Crippen LogP contribution in [0.5, 0.6) is 0 Å². The van der Waals surface area contributed by atoms with Crippen LogP contribution in [-0.2, 0) is 6.42 Å². The Morgan fingerprint density at radius 1 is 1.28 bits per heavy atom. The standard InChI is InChI=1S/C14H13ClN2O/c1-2-10-3-5-12(6-4-10)17-14(18)11-7-8-16-13(15)9-11/h3-9H,2H2,1H3,(H,17,18). The van der Waals surface area contributed by atoms with E-state index in [0.29, 0.717) is 10.7 Å². The summed E-state index contributed by atoms with van der Waals surface area (Å²) in [5.74, 6) is -0.191. The van der Waals surface area contributed by atoms with Gasteiger partial charge in [0.15, 0.2) is 0 Å². The zero-order chi connectivity index (χ0) is 13.0. The van der Waals surface area contributed by atoms with E-state index in [1.54, 1.807) is 6.07 Å². The van der Waals surface area contributed by atoms with Crippen LogP contribution in [0.2, 0.25) is 5.15 Å². The molecule has 0 aliphatic carbocycles. The third-order valence-corrected chi connectivity index (χ3v) is 2.82. The highest BCUT2D eigenvalue weighted by atomic mass is 35.5. The van der Waals surface area contributed by atoms with Crippen molar-refractivity contribution >= 4 is 23.2 Å². The number of amides is 1. The number of pyridine rings is 1. The van der Waals surface area contributed by atoms with Crippen LogP contribution < -0.4 is 5.32 Å². The molecule has 0 aliphatic rings. The fourth-order valence-electron chi connectivity index (χ4n) is 1.57. The summed E-state index contributed by atoms with van der Waals surface area (Å²) in [4.78, 5) is 15.8. The van der Waals surface area contributed by atoms with Gasteiger partial charge in [0.2, 0.25) is 0 Å². The summed E-state index contributed by atoms with van der Waals surface area (Å²) in [6.07, 6.45) is 2.49. The summed E-state index contributed by atoms with van der Waals surface area (Å²) < 4.78 is 0. The van der Waals surface area contributed by atoms with Gasteiger partial charge in [0.25, 0.3) is 5.91 Å². The largest absolute Gasteiger partial charge is 0.322 e. The van der Waals surface area contributed by atoms with E-state index in [-0.39, 0.29) is 5.91 Å². The first-order valence-corrected chi connectivity index (χ1v) is 6.08. The number of anilines is 1. The minimum atomic E-state index is -0.191. The van der Waals surface area contributed by atoms with Crippen LogP contribution in [0.25, 0.3) is 0 Å². The summed E-state index contributed by atoms with van der Waals surface area (Å²) in [5.41, 5.74) is 2.50. The van der Waals surface area contributed by atoms with Crippen molar-refractivity contribution in [2.24, 2.45) is 0 Å². The normalized spacial score (nSPS) is 10.1. The lowest BCUT2D eigenvalue weighted by atomic mass is 10.1. The van der Waals surface area contributed by atoms with Crippen molar-refractivity contribution in [3.63, 3.8) is 0 Å². The number of nitrogens with one attached hydrogen (secondary N) is 1. The van der Waals surface area contributed by atoms with Crippen molar-refractivity contribution in [3.05, 3.63) is 58.9 Å². The summed E-state index contributed by atoms with van der Waals surface area (Å²) >= 11 is 5.74. The molecule has 0 spiro atoms. The Bertz CT molecular complexity index is 552. The molecule has 3 nitrogen and oxygen atoms in total. The average molecular weight is 261 g/mol. The van der Waals surface area contributed by atoms with Crippen LogP contribution in [0.1, 0.15) is 22.8 Å². The molecule has 0 aliphatic heterocycles. The van der Waals surface area contributed by atoms with E-state index in [4.69, 9.17) is 11.6 Å². The number of benzene rings is 1. The number of aryl methyl sites for hydroxylation is 1. The number of rotatable bonds is 3. The molecule has 0 saturated carbocycles. The molecular formula is C14H13ClN2O. The Balaban J connectivity index is 2.11. The zero-order valence-electron chi connectivity index (χ0n) is 9.98. The van der Waals surface area contributed by atoms with Gasteiger partial charge in [-0.15, -0.1) is 0 Å². The van der Waals surface area contributed by atoms with E-state index < -0.39 is 0 Å². The Morgan fingerprint density at radius 2 is 2.00 bits per heavy atom. The molecule has 1 heterocycles. The van der Waals surface area contributed by atoms with E-state index in [0.717, 1.165) is 12.1 Å². The second kappa shape index (κ2) is 5.65. The summed E-state index contributed by atoms with van der Waals surface area (Å²) in [7, 11) is 0. The van der Waals surface area contributed by atoms with Gasteiger partial charge < -0.3 is 5.32 Å². The first kappa shape index (κ1) is 12.6. The van der Waals surface area contributed by atoms with Crippen molar-refractivity contribution in [1.29, 1.82) is 0 Å². The predicted octanol–water partition coefficient (Wildman–Crippen LogP) is 3.55. The third-order valence-electron chi connectivity index (χ3n) is 2.61. The number of nitrogens with zero attached hydrogens (tertiary/aromatic N) is 1. The molecule has 1 aromatic carbocycles. The molecule has 0 bridgehead atoms. The molecule has 2 rings (SSSR count). The monoisotopic (exact) mass is 260 g/mol. The number of halogens is 1. The van der Waals surface area contributed by atoms with Crippen LogP contribution in [0.15, 0.2) is 42.6 Å². The molecule has 1 N–H and O–H groups in total. The van der Waals surface area contributed by atoms with Crippen molar-refractivity contribution in [2.75, 3.05) is 5.32 Å². The molecule has 0 unspecified atom stereocenters. The van der Waals surface area contributed by atoms with Gasteiger partial charge in [-0.1, -0.05) is 30.7 Å². The lowest BCUT2D eigenvalue weighted by molar-refractivity contribution is 0.102. The van der Waals surface area contributed by atoms with Gasteiger partial charge in [-0.05, 0) is 36.2 Å². The lowest BCUT2D eigenvalue weighted by Gasteiger charge is -2.06. The van der Waals surface area contributed by atoms with Crippen molar-refractivity contribution in [3.8, 4) is 0 Å². The maximum atomic E-state index is 11.9. The Morgan fingerprint density at radius 3 is 2.61 bits per heavy atom. The zero-order valence-corrected chi connectivity index (χ0v) is 10.7. The van der Waals surface area contributed by atoms with E-state index in [9.17, 15) is 4.79 Å². The van der Waals surface area contributed by atoms with Crippen LogP contribution in [0.3, 0.4) is 0 Å². The number of hydrogen-bond donors (Lipinski definition) is 1. The van der Waals surface area contributed by atoms with Gasteiger partial charge in [0.1, 0.15) is 5.15 Å². The maximum Gasteiger partial charge on any atom is 0.255 e. The van der Waals surface area contributed by atoms with Crippen molar-refractivity contribution in [1.82, 2.24) is 4.98 Å². The Labute approximate surface area is 111 Å². The van der Waals surface area contributed by atoms with Crippen LogP contribution >= 0.6 is 11.6 Å². The topological polar surface area (TPSA) is 42.0 Å². The summed E-state index contributed by atoms with van der Waals surface area (Å²) in [5, 5.41) is 3.12. The maximum absolute atomic E-state index is 11.9. The molecule has 0 atom stereocenters. The number of carbonyl (C=O) groups is 1. The van der Waals surface area contributed by atoms with E-state index >= 15 is 0 Å². The molecule has 0 radical (unpaired) electrons. The van der Waals surface area contributed by atoms with Crippen LogP contribution in [0.4, 0.5) is 5.69 Å². The van der Waals surface area contributed by atoms with Gasteiger partial charge >= 0.3 is 0 Å². The molecule has 1 aromatic heterocycles. The SMILES string of the molecule is CCc1ccc(NC(=O)c2ccnc(Cl)c2)cc1. The molecule has 0 fully saturated rings. The quantitative estimate of drug-likeness (QED) is 0.858. The molecule has 18 heavy (non-hydrogen) atoms. The molecule has 4 heteroatoms. The minimum Gasteiger partial charge on any atom is -0.322 e. The van der Waals surface area contributed by atoms with Gasteiger partial charge in [0, 0.05) is 17.4 Å². The molecule has 92 valence electrons. The lowest BCUT2D eigenvalue weighted by Crippen LogP contribution is -2.11. The minimum absolute atomic E-state index is 0.191. The Hall–Kier alpha value is -1.87. The predicted molar refractivity (Wildman–Crippen MR) is 73.0 cm³/mol. The molecule has 0 saturated heterocycles. The van der Waals surface area contributed by atoms with Crippen molar-refractivity contribution in [2.45, 2.75) is 13.3 Å². The van der Waals surface area contributed by atoms with Gasteiger partial charge in [-0.25, -0.2) is 4.98 Å². The van der Waals surface area contributed by atoms with Gasteiger partial charge in [-0.2, -0.15) is 0 Å². The summed E-state index contributed by atoms with van der Waals surface area (Å²) in [6.45, 7) is 2.09. The van der Waals surface area contributed by atoms with E-state index in [2.05, 4.69) is 17.2 Å². The first-order chi connectivity index (χ1) is 8.69. The summed E-state index contributed by atoms with van der Waals surface area (Å²) in [6, 6.07) is 10.9. The molecule has 1 amide bonds. The second-order valence-electron chi connectivity index (χ2n) is 3.87. The first-order valence-electron chi connectivity index (χ1n) is 5.71. The van der Waals surface area contributed by atoms with Crippen LogP contribution in [0, 0.1) is 0 Å². The van der Waals surface area contributed by atoms with Crippen molar-refractivity contribution < 1.29 is 4.79 Å². The molecule has 2 aromatic rings. The van der Waals surface area contributed by atoms with Gasteiger partial charge in [0.05, 0.1) is 0 Å². The van der Waals surface area contributed by atoms with Crippen LogP contribution in [-0.4, -0.2) is 10.9 Å². The second-order valence-corrected chi connectivity index (χ2v) is 4.26. The third kappa shape index (κ3) is 3.08. The van der Waals surface area contributed by atoms with E-state index in [1.165, 1.54) is 17.8 Å². The highest BCUT2D eigenvalue weighted by molar-refractivity contribution is 6.29. The number of hydrogen-bond acceptors (Lipinski definition) is 2. The molecular weight excluding hydrogens is 248 g/mol. The smallest absolute Gasteiger partial charge is 0.255 e. The average Bonchev–Trinajstić information content (AvgIpc) is 2.39. The number of aromatic nitrogens is 1. The van der Waals surface area contributed by atoms with E-state index in [1.807, 2.05) is 24.3 Å². The van der Waals surface area contributed by atoms with Gasteiger partial charge in [-0.3, -0.25) is 4.79 Å². The fourth-order valence-corrected chi connectivity index (χ4v) is 1.74.